The van der Waals surface area contributed by atoms with Gasteiger partial charge in [0.15, 0.2) is 6.29 Å². The Balaban J connectivity index is 1.80. The predicted octanol–water partition coefficient (Wildman–Crippen LogP) is 5.99. The van der Waals surface area contributed by atoms with Gasteiger partial charge in [0, 0.05) is 0 Å². The minimum Gasteiger partial charge on any atom is -0.438 e. The van der Waals surface area contributed by atoms with Crippen LogP contribution in [0.4, 0.5) is 4.79 Å². The summed E-state index contributed by atoms with van der Waals surface area (Å²) in [6.45, 7) is 2.95. The Labute approximate surface area is 160 Å². The summed E-state index contributed by atoms with van der Waals surface area (Å²) in [7, 11) is 1.30. The first-order valence-corrected chi connectivity index (χ1v) is 10.7. The number of hydrogen-bond donors (Lipinski definition) is 0. The monoisotopic (exact) mass is 372 g/mol. The standard InChI is InChI=1S/C21H40O5/c1-3-4-5-6-7-8-9-10-11-12-13-14-15-16-20-24-17-19(26-20)18-25-21(22)23-2/h19-20H,3-18H2,1-2H3. The number of carbonyl (C=O) groups excluding carboxylic acids is 1. The van der Waals surface area contributed by atoms with E-state index < -0.39 is 6.16 Å². The van der Waals surface area contributed by atoms with Crippen molar-refractivity contribution in [2.45, 2.75) is 109 Å². The van der Waals surface area contributed by atoms with Gasteiger partial charge in [-0.25, -0.2) is 4.79 Å². The zero-order valence-corrected chi connectivity index (χ0v) is 17.0. The molecule has 0 saturated carbocycles. The van der Waals surface area contributed by atoms with E-state index in [9.17, 15) is 4.79 Å². The molecule has 5 heteroatoms. The summed E-state index contributed by atoms with van der Waals surface area (Å²) in [6, 6.07) is 0. The number of carbonyl (C=O) groups is 1. The maximum atomic E-state index is 10.9. The summed E-state index contributed by atoms with van der Waals surface area (Å²) < 4.78 is 20.6. The maximum absolute atomic E-state index is 10.9. The van der Waals surface area contributed by atoms with Crippen LogP contribution in [-0.2, 0) is 18.9 Å². The van der Waals surface area contributed by atoms with E-state index in [1.165, 1.54) is 84.2 Å². The van der Waals surface area contributed by atoms with E-state index in [2.05, 4.69) is 11.7 Å². The highest BCUT2D eigenvalue weighted by Gasteiger charge is 2.26. The molecule has 1 aliphatic heterocycles. The first-order chi connectivity index (χ1) is 12.8. The van der Waals surface area contributed by atoms with Gasteiger partial charge >= 0.3 is 6.16 Å². The Kier molecular flexibility index (Phi) is 14.6. The van der Waals surface area contributed by atoms with E-state index in [1.54, 1.807) is 0 Å². The third-order valence-corrected chi connectivity index (χ3v) is 4.91. The molecule has 2 unspecified atom stereocenters. The molecule has 0 aliphatic carbocycles. The molecule has 2 atom stereocenters. The first kappa shape index (κ1) is 23.2. The lowest BCUT2D eigenvalue weighted by molar-refractivity contribution is -0.0733. The Morgan fingerprint density at radius 1 is 0.885 bits per heavy atom. The summed E-state index contributed by atoms with van der Waals surface area (Å²) in [6.07, 6.45) is 17.6. The van der Waals surface area contributed by atoms with Crippen molar-refractivity contribution in [3.8, 4) is 0 Å². The van der Waals surface area contributed by atoms with E-state index >= 15 is 0 Å². The minimum absolute atomic E-state index is 0.144. The first-order valence-electron chi connectivity index (χ1n) is 10.7. The topological polar surface area (TPSA) is 54.0 Å². The molecular weight excluding hydrogens is 332 g/mol. The van der Waals surface area contributed by atoms with Gasteiger partial charge in [-0.2, -0.15) is 0 Å². The van der Waals surface area contributed by atoms with Crippen molar-refractivity contribution in [1.29, 1.82) is 0 Å². The molecule has 0 bridgehead atoms. The number of rotatable bonds is 16. The molecule has 1 heterocycles. The number of methoxy groups -OCH3 is 1. The van der Waals surface area contributed by atoms with Crippen LogP contribution in [0.25, 0.3) is 0 Å². The van der Waals surface area contributed by atoms with Crippen LogP contribution in [0.15, 0.2) is 0 Å². The SMILES string of the molecule is CCCCCCCCCCCCCCCC1OCC(COC(=O)OC)O1. The fraction of sp³-hybridized carbons (Fsp3) is 0.952. The number of hydrogen-bond acceptors (Lipinski definition) is 5. The average molecular weight is 373 g/mol. The molecule has 1 saturated heterocycles. The van der Waals surface area contributed by atoms with Gasteiger partial charge in [-0.15, -0.1) is 0 Å². The van der Waals surface area contributed by atoms with Crippen molar-refractivity contribution in [3.63, 3.8) is 0 Å². The molecule has 1 fully saturated rings. The maximum Gasteiger partial charge on any atom is 0.508 e. The summed E-state index contributed by atoms with van der Waals surface area (Å²) in [5, 5.41) is 0. The molecule has 0 spiro atoms. The Hall–Kier alpha value is -0.810. The van der Waals surface area contributed by atoms with Crippen molar-refractivity contribution in [3.05, 3.63) is 0 Å². The molecule has 154 valence electrons. The van der Waals surface area contributed by atoms with Gasteiger partial charge in [-0.1, -0.05) is 84.0 Å². The lowest BCUT2D eigenvalue weighted by Gasteiger charge is -2.11. The van der Waals surface area contributed by atoms with Crippen LogP contribution in [0.2, 0.25) is 0 Å². The second kappa shape index (κ2) is 16.4. The van der Waals surface area contributed by atoms with Crippen LogP contribution in [0.3, 0.4) is 0 Å². The lowest BCUT2D eigenvalue weighted by atomic mass is 10.0. The molecule has 0 aromatic rings. The predicted molar refractivity (Wildman–Crippen MR) is 103 cm³/mol. The van der Waals surface area contributed by atoms with Gasteiger partial charge in [-0.05, 0) is 12.8 Å². The van der Waals surface area contributed by atoms with Gasteiger partial charge in [0.2, 0.25) is 0 Å². The molecule has 0 amide bonds. The second-order valence-electron chi connectivity index (χ2n) is 7.32. The molecule has 0 aromatic carbocycles. The molecule has 0 radical (unpaired) electrons. The van der Waals surface area contributed by atoms with Gasteiger partial charge in [0.1, 0.15) is 12.7 Å². The quantitative estimate of drug-likeness (QED) is 0.246. The lowest BCUT2D eigenvalue weighted by Crippen LogP contribution is -2.21. The normalized spacial score (nSPS) is 19.6. The summed E-state index contributed by atoms with van der Waals surface area (Å²) in [5.41, 5.74) is 0. The molecule has 0 N–H and O–H groups in total. The van der Waals surface area contributed by atoms with E-state index in [0.717, 1.165) is 12.8 Å². The zero-order valence-electron chi connectivity index (χ0n) is 17.0. The summed E-state index contributed by atoms with van der Waals surface area (Å²) in [5.74, 6) is 0. The van der Waals surface area contributed by atoms with Crippen molar-refractivity contribution in [2.75, 3.05) is 20.3 Å². The van der Waals surface area contributed by atoms with Gasteiger partial charge < -0.3 is 18.9 Å². The van der Waals surface area contributed by atoms with Crippen molar-refractivity contribution in [1.82, 2.24) is 0 Å². The van der Waals surface area contributed by atoms with Gasteiger partial charge in [0.25, 0.3) is 0 Å². The van der Waals surface area contributed by atoms with Crippen LogP contribution < -0.4 is 0 Å². The van der Waals surface area contributed by atoms with Crippen LogP contribution >= 0.6 is 0 Å². The highest BCUT2D eigenvalue weighted by molar-refractivity contribution is 5.59. The Morgan fingerprint density at radius 3 is 1.96 bits per heavy atom. The molecule has 1 rings (SSSR count). The highest BCUT2D eigenvalue weighted by Crippen LogP contribution is 2.19. The summed E-state index contributed by atoms with van der Waals surface area (Å²) >= 11 is 0. The van der Waals surface area contributed by atoms with Crippen molar-refractivity contribution < 1.29 is 23.7 Å². The molecule has 26 heavy (non-hydrogen) atoms. The third kappa shape index (κ3) is 12.5. The van der Waals surface area contributed by atoms with Gasteiger partial charge in [-0.3, -0.25) is 0 Å². The molecule has 1 aliphatic rings. The zero-order chi connectivity index (χ0) is 18.9. The van der Waals surface area contributed by atoms with E-state index in [0.29, 0.717) is 6.61 Å². The van der Waals surface area contributed by atoms with Crippen molar-refractivity contribution >= 4 is 6.16 Å². The van der Waals surface area contributed by atoms with E-state index in [-0.39, 0.29) is 19.0 Å². The van der Waals surface area contributed by atoms with E-state index in [1.807, 2.05) is 0 Å². The van der Waals surface area contributed by atoms with Crippen LogP contribution in [0.1, 0.15) is 96.8 Å². The van der Waals surface area contributed by atoms with Crippen LogP contribution in [0.5, 0.6) is 0 Å². The fourth-order valence-electron chi connectivity index (χ4n) is 3.30. The van der Waals surface area contributed by atoms with Crippen LogP contribution in [-0.4, -0.2) is 38.9 Å². The smallest absolute Gasteiger partial charge is 0.438 e. The highest BCUT2D eigenvalue weighted by atomic mass is 16.8. The van der Waals surface area contributed by atoms with Crippen LogP contribution in [0, 0.1) is 0 Å². The Morgan fingerprint density at radius 2 is 1.42 bits per heavy atom. The summed E-state index contributed by atoms with van der Waals surface area (Å²) in [4.78, 5) is 10.9. The Bertz CT molecular complexity index is 334. The molecule has 5 nitrogen and oxygen atoms in total. The fourth-order valence-corrected chi connectivity index (χ4v) is 3.30. The molecular formula is C21H40O5. The second-order valence-corrected chi connectivity index (χ2v) is 7.32. The van der Waals surface area contributed by atoms with Crippen molar-refractivity contribution in [2.24, 2.45) is 0 Å². The van der Waals surface area contributed by atoms with Gasteiger partial charge in [0.05, 0.1) is 13.7 Å². The largest absolute Gasteiger partial charge is 0.508 e. The third-order valence-electron chi connectivity index (χ3n) is 4.91. The average Bonchev–Trinajstić information content (AvgIpc) is 3.11. The molecule has 0 aromatic heterocycles. The minimum atomic E-state index is -0.673. The van der Waals surface area contributed by atoms with E-state index in [4.69, 9.17) is 14.2 Å². The number of unbranched alkanes of at least 4 members (excludes halogenated alkanes) is 12. The number of ether oxygens (including phenoxy) is 4.